The summed E-state index contributed by atoms with van der Waals surface area (Å²) in [5, 5.41) is 0.450. The SMILES string of the molecule is CN(CC1COc2ccccc2O1)C(=O)c1ccccc1Cl. The van der Waals surface area contributed by atoms with Crippen molar-refractivity contribution in [2.45, 2.75) is 6.10 Å². The van der Waals surface area contributed by atoms with Gasteiger partial charge in [-0.1, -0.05) is 35.9 Å². The summed E-state index contributed by atoms with van der Waals surface area (Å²) in [7, 11) is 1.73. The number of carbonyl (C=O) groups excluding carboxylic acids is 1. The van der Waals surface area contributed by atoms with Gasteiger partial charge >= 0.3 is 0 Å². The lowest BCUT2D eigenvalue weighted by atomic mass is 10.2. The van der Waals surface area contributed by atoms with Crippen molar-refractivity contribution >= 4 is 17.5 Å². The van der Waals surface area contributed by atoms with Crippen LogP contribution in [0.4, 0.5) is 0 Å². The van der Waals surface area contributed by atoms with Crippen molar-refractivity contribution in [1.82, 2.24) is 4.90 Å². The Balaban J connectivity index is 1.67. The number of carbonyl (C=O) groups is 1. The molecule has 5 heteroatoms. The molecule has 0 bridgehead atoms. The Bertz CT molecular complexity index is 689. The molecule has 2 aromatic rings. The van der Waals surface area contributed by atoms with E-state index in [9.17, 15) is 4.79 Å². The number of rotatable bonds is 3. The first-order valence-electron chi connectivity index (χ1n) is 7.03. The highest BCUT2D eigenvalue weighted by Gasteiger charge is 2.24. The molecule has 0 saturated heterocycles. The Hall–Kier alpha value is -2.20. The van der Waals surface area contributed by atoms with E-state index in [2.05, 4.69) is 0 Å². The minimum atomic E-state index is -0.202. The number of hydrogen-bond acceptors (Lipinski definition) is 3. The predicted octanol–water partition coefficient (Wildman–Crippen LogP) is 3.25. The Labute approximate surface area is 134 Å². The summed E-state index contributed by atoms with van der Waals surface area (Å²) in [4.78, 5) is 14.0. The van der Waals surface area contributed by atoms with Gasteiger partial charge in [0.2, 0.25) is 0 Å². The number of benzene rings is 2. The van der Waals surface area contributed by atoms with Crippen LogP contribution in [0.25, 0.3) is 0 Å². The third-order valence-corrected chi connectivity index (χ3v) is 3.83. The van der Waals surface area contributed by atoms with Crippen LogP contribution in [0.1, 0.15) is 10.4 Å². The van der Waals surface area contributed by atoms with E-state index in [0.29, 0.717) is 29.5 Å². The quantitative estimate of drug-likeness (QED) is 0.872. The highest BCUT2D eigenvalue weighted by atomic mass is 35.5. The Morgan fingerprint density at radius 2 is 1.86 bits per heavy atom. The molecule has 0 fully saturated rings. The summed E-state index contributed by atoms with van der Waals surface area (Å²) in [6.45, 7) is 0.843. The second-order valence-electron chi connectivity index (χ2n) is 5.16. The maximum absolute atomic E-state index is 12.4. The van der Waals surface area contributed by atoms with Gasteiger partial charge in [0.15, 0.2) is 17.6 Å². The van der Waals surface area contributed by atoms with Crippen molar-refractivity contribution in [3.05, 3.63) is 59.1 Å². The lowest BCUT2D eigenvalue weighted by Gasteiger charge is -2.29. The summed E-state index contributed by atoms with van der Waals surface area (Å²) < 4.78 is 11.5. The maximum Gasteiger partial charge on any atom is 0.255 e. The van der Waals surface area contributed by atoms with Crippen LogP contribution in [0.15, 0.2) is 48.5 Å². The molecule has 22 heavy (non-hydrogen) atoms. The molecule has 3 rings (SSSR count). The summed E-state index contributed by atoms with van der Waals surface area (Å²) in [5.74, 6) is 1.31. The number of ether oxygens (including phenoxy) is 2. The van der Waals surface area contributed by atoms with Gasteiger partial charge in [0.1, 0.15) is 6.61 Å². The van der Waals surface area contributed by atoms with Crippen LogP contribution in [-0.4, -0.2) is 37.1 Å². The van der Waals surface area contributed by atoms with E-state index < -0.39 is 0 Å². The van der Waals surface area contributed by atoms with Crippen molar-refractivity contribution in [1.29, 1.82) is 0 Å². The highest BCUT2D eigenvalue weighted by molar-refractivity contribution is 6.33. The molecule has 0 aliphatic carbocycles. The van der Waals surface area contributed by atoms with Crippen molar-refractivity contribution in [2.75, 3.05) is 20.2 Å². The van der Waals surface area contributed by atoms with E-state index in [1.54, 1.807) is 36.2 Å². The van der Waals surface area contributed by atoms with Crippen LogP contribution < -0.4 is 9.47 Å². The van der Waals surface area contributed by atoms with Gasteiger partial charge in [-0.2, -0.15) is 0 Å². The van der Waals surface area contributed by atoms with E-state index in [4.69, 9.17) is 21.1 Å². The number of hydrogen-bond donors (Lipinski definition) is 0. The molecule has 0 radical (unpaired) electrons. The van der Waals surface area contributed by atoms with Crippen molar-refractivity contribution < 1.29 is 14.3 Å². The third kappa shape index (κ3) is 3.02. The zero-order valence-electron chi connectivity index (χ0n) is 12.2. The Morgan fingerprint density at radius 3 is 2.64 bits per heavy atom. The fraction of sp³-hybridized carbons (Fsp3) is 0.235. The lowest BCUT2D eigenvalue weighted by Crippen LogP contribution is -2.41. The molecular formula is C17H16ClNO3. The largest absolute Gasteiger partial charge is 0.486 e. The van der Waals surface area contributed by atoms with Crippen molar-refractivity contribution in [2.24, 2.45) is 0 Å². The molecule has 0 spiro atoms. The summed E-state index contributed by atoms with van der Waals surface area (Å²) in [6.07, 6.45) is -0.202. The molecule has 1 amide bonds. The number of halogens is 1. The number of amides is 1. The van der Waals surface area contributed by atoms with Crippen LogP contribution >= 0.6 is 11.6 Å². The minimum Gasteiger partial charge on any atom is -0.486 e. The monoisotopic (exact) mass is 317 g/mol. The van der Waals surface area contributed by atoms with Crippen molar-refractivity contribution in [3.8, 4) is 11.5 Å². The fourth-order valence-corrected chi connectivity index (χ4v) is 2.60. The van der Waals surface area contributed by atoms with Crippen LogP contribution in [0.5, 0.6) is 11.5 Å². The summed E-state index contributed by atoms with van der Waals surface area (Å²) in [5.41, 5.74) is 0.490. The first kappa shape index (κ1) is 14.7. The first-order valence-corrected chi connectivity index (χ1v) is 7.41. The van der Waals surface area contributed by atoms with E-state index in [1.807, 2.05) is 24.3 Å². The zero-order chi connectivity index (χ0) is 15.5. The Kier molecular flexibility index (Phi) is 4.20. The third-order valence-electron chi connectivity index (χ3n) is 3.50. The molecule has 1 heterocycles. The summed E-state index contributed by atoms with van der Waals surface area (Å²) in [6, 6.07) is 14.5. The second-order valence-corrected chi connectivity index (χ2v) is 5.57. The standard InChI is InChI=1S/C17H16ClNO3/c1-19(17(20)13-6-2-3-7-14(13)18)10-12-11-21-15-8-4-5-9-16(15)22-12/h2-9,12H,10-11H2,1H3. The van der Waals surface area contributed by atoms with E-state index in [1.165, 1.54) is 0 Å². The molecule has 0 aromatic heterocycles. The van der Waals surface area contributed by atoms with Gasteiger partial charge in [0, 0.05) is 7.05 Å². The van der Waals surface area contributed by atoms with Gasteiger partial charge in [0.25, 0.3) is 5.91 Å². The molecular weight excluding hydrogens is 302 g/mol. The average molecular weight is 318 g/mol. The average Bonchev–Trinajstić information content (AvgIpc) is 2.54. The zero-order valence-corrected chi connectivity index (χ0v) is 12.9. The fourth-order valence-electron chi connectivity index (χ4n) is 2.38. The van der Waals surface area contributed by atoms with E-state index in [0.717, 1.165) is 5.75 Å². The topological polar surface area (TPSA) is 38.8 Å². The number of fused-ring (bicyclic) bond motifs is 1. The second kappa shape index (κ2) is 6.28. The lowest BCUT2D eigenvalue weighted by molar-refractivity contribution is 0.0521. The summed E-state index contributed by atoms with van der Waals surface area (Å²) >= 11 is 6.07. The number of likely N-dealkylation sites (N-methyl/N-ethyl adjacent to an activating group) is 1. The van der Waals surface area contributed by atoms with Gasteiger partial charge in [-0.25, -0.2) is 0 Å². The number of nitrogens with zero attached hydrogens (tertiary/aromatic N) is 1. The molecule has 1 aliphatic rings. The van der Waals surface area contributed by atoms with Gasteiger partial charge in [-0.05, 0) is 24.3 Å². The molecule has 1 aliphatic heterocycles. The van der Waals surface area contributed by atoms with Crippen molar-refractivity contribution in [3.63, 3.8) is 0 Å². The van der Waals surface area contributed by atoms with Gasteiger partial charge in [-0.3, -0.25) is 4.79 Å². The van der Waals surface area contributed by atoms with E-state index in [-0.39, 0.29) is 12.0 Å². The predicted molar refractivity (Wildman–Crippen MR) is 84.8 cm³/mol. The van der Waals surface area contributed by atoms with E-state index >= 15 is 0 Å². The first-order chi connectivity index (χ1) is 10.6. The molecule has 2 aromatic carbocycles. The van der Waals surface area contributed by atoms with Crippen LogP contribution in [0.3, 0.4) is 0 Å². The van der Waals surface area contributed by atoms with Gasteiger partial charge in [0.05, 0.1) is 17.1 Å². The van der Waals surface area contributed by atoms with Crippen LogP contribution in [-0.2, 0) is 0 Å². The van der Waals surface area contributed by atoms with Gasteiger partial charge < -0.3 is 14.4 Å². The number of para-hydroxylation sites is 2. The molecule has 1 atom stereocenters. The molecule has 0 saturated carbocycles. The molecule has 1 unspecified atom stereocenters. The minimum absolute atomic E-state index is 0.131. The normalized spacial score (nSPS) is 16.2. The molecule has 4 nitrogen and oxygen atoms in total. The molecule has 0 N–H and O–H groups in total. The van der Waals surface area contributed by atoms with Crippen LogP contribution in [0.2, 0.25) is 5.02 Å². The smallest absolute Gasteiger partial charge is 0.255 e. The Morgan fingerprint density at radius 1 is 1.18 bits per heavy atom. The van der Waals surface area contributed by atoms with Crippen LogP contribution in [0, 0.1) is 0 Å². The maximum atomic E-state index is 12.4. The van der Waals surface area contributed by atoms with Gasteiger partial charge in [-0.15, -0.1) is 0 Å². The highest BCUT2D eigenvalue weighted by Crippen LogP contribution is 2.31. The molecule has 114 valence electrons.